The van der Waals surface area contributed by atoms with Gasteiger partial charge in [-0.25, -0.2) is 0 Å². The minimum atomic E-state index is -0.122. The van der Waals surface area contributed by atoms with Crippen LogP contribution in [0, 0.1) is 11.8 Å². The van der Waals surface area contributed by atoms with Crippen LogP contribution in [0.4, 0.5) is 0 Å². The van der Waals surface area contributed by atoms with Crippen molar-refractivity contribution in [3.8, 4) is 0 Å². The molecule has 0 spiro atoms. The number of aliphatic hydroxyl groups is 1. The smallest absolute Gasteiger partial charge is 0.244 e. The molecule has 1 saturated carbocycles. The number of hydrazine groups is 1. The molecule has 5 heteroatoms. The number of hydrogen-bond donors (Lipinski definition) is 2. The Hall–Kier alpha value is -1.10. The molecule has 0 radical (unpaired) electrons. The standard InChI is InChI=1S/C7H10N2O3/c10-2-1-9-7(12)5-3-4(5)6(11)8-9/h4-5,10H,1-3H2,(H,8,11). The highest BCUT2D eigenvalue weighted by atomic mass is 16.3. The Bertz CT molecular complexity index is 241. The predicted octanol–water partition coefficient (Wildman–Crippen LogP) is -1.51. The molecule has 5 nitrogen and oxygen atoms in total. The molecule has 2 N–H and O–H groups in total. The third-order valence-electron chi connectivity index (χ3n) is 2.28. The summed E-state index contributed by atoms with van der Waals surface area (Å²) in [4.78, 5) is 22.4. The van der Waals surface area contributed by atoms with Crippen molar-refractivity contribution < 1.29 is 14.7 Å². The number of β-amino-alcohol motifs (C(OH)–C–C–N with tert-alkyl or cyclic N) is 1. The highest BCUT2D eigenvalue weighted by Gasteiger charge is 2.53. The van der Waals surface area contributed by atoms with E-state index in [0.29, 0.717) is 6.42 Å². The van der Waals surface area contributed by atoms with Crippen LogP contribution in [0.3, 0.4) is 0 Å². The van der Waals surface area contributed by atoms with Gasteiger partial charge in [0, 0.05) is 0 Å². The van der Waals surface area contributed by atoms with Crippen molar-refractivity contribution in [2.75, 3.05) is 13.2 Å². The molecule has 0 aromatic heterocycles. The lowest BCUT2D eigenvalue weighted by atomic mass is 10.2. The number of nitrogens with one attached hydrogen (secondary N) is 1. The molecular formula is C7H10N2O3. The van der Waals surface area contributed by atoms with E-state index in [1.807, 2.05) is 0 Å². The third kappa shape index (κ3) is 0.972. The number of rotatable bonds is 2. The van der Waals surface area contributed by atoms with E-state index >= 15 is 0 Å². The van der Waals surface area contributed by atoms with Crippen molar-refractivity contribution in [3.05, 3.63) is 0 Å². The van der Waals surface area contributed by atoms with Crippen molar-refractivity contribution in [1.29, 1.82) is 0 Å². The van der Waals surface area contributed by atoms with Gasteiger partial charge in [0.2, 0.25) is 11.8 Å². The summed E-state index contributed by atoms with van der Waals surface area (Å²) < 4.78 is 0. The monoisotopic (exact) mass is 170 g/mol. The van der Waals surface area contributed by atoms with Crippen molar-refractivity contribution in [3.63, 3.8) is 0 Å². The van der Waals surface area contributed by atoms with E-state index in [2.05, 4.69) is 5.43 Å². The van der Waals surface area contributed by atoms with Crippen LogP contribution in [0.15, 0.2) is 0 Å². The van der Waals surface area contributed by atoms with E-state index in [9.17, 15) is 9.59 Å². The van der Waals surface area contributed by atoms with E-state index in [-0.39, 0.29) is 36.8 Å². The second-order valence-electron chi connectivity index (χ2n) is 3.14. The normalized spacial score (nSPS) is 32.9. The Kier molecular flexibility index (Phi) is 1.54. The van der Waals surface area contributed by atoms with Crippen LogP contribution in [0.25, 0.3) is 0 Å². The Morgan fingerprint density at radius 3 is 2.92 bits per heavy atom. The molecular weight excluding hydrogens is 160 g/mol. The van der Waals surface area contributed by atoms with Crippen LogP contribution in [0.5, 0.6) is 0 Å². The predicted molar refractivity (Wildman–Crippen MR) is 38.5 cm³/mol. The quantitative estimate of drug-likeness (QED) is 0.529. The first-order chi connectivity index (χ1) is 5.74. The molecule has 1 aliphatic carbocycles. The first-order valence-electron chi connectivity index (χ1n) is 3.97. The van der Waals surface area contributed by atoms with E-state index in [1.54, 1.807) is 0 Å². The van der Waals surface area contributed by atoms with E-state index in [4.69, 9.17) is 5.11 Å². The zero-order chi connectivity index (χ0) is 8.72. The summed E-state index contributed by atoms with van der Waals surface area (Å²) in [6.45, 7) is 0.0667. The summed E-state index contributed by atoms with van der Waals surface area (Å²) in [5.41, 5.74) is 2.44. The maximum Gasteiger partial charge on any atom is 0.244 e. The lowest BCUT2D eigenvalue weighted by Crippen LogP contribution is -2.52. The molecule has 2 fully saturated rings. The average molecular weight is 170 g/mol. The van der Waals surface area contributed by atoms with Gasteiger partial charge in [0.15, 0.2) is 0 Å². The zero-order valence-corrected chi connectivity index (χ0v) is 6.49. The Balaban J connectivity index is 2.05. The molecule has 2 unspecified atom stereocenters. The van der Waals surface area contributed by atoms with E-state index < -0.39 is 0 Å². The summed E-state index contributed by atoms with van der Waals surface area (Å²) in [5.74, 6) is -0.348. The molecule has 1 saturated heterocycles. The molecule has 2 amide bonds. The molecule has 0 bridgehead atoms. The van der Waals surface area contributed by atoms with Crippen molar-refractivity contribution in [2.24, 2.45) is 11.8 Å². The second-order valence-corrected chi connectivity index (χ2v) is 3.14. The topological polar surface area (TPSA) is 69.6 Å². The molecule has 1 heterocycles. The highest BCUT2D eigenvalue weighted by molar-refractivity contribution is 5.97. The fraction of sp³-hybridized carbons (Fsp3) is 0.714. The van der Waals surface area contributed by atoms with Crippen LogP contribution in [-0.2, 0) is 9.59 Å². The maximum absolute atomic E-state index is 11.3. The van der Waals surface area contributed by atoms with Crippen LogP contribution in [0.1, 0.15) is 6.42 Å². The zero-order valence-electron chi connectivity index (χ0n) is 6.49. The number of aliphatic hydroxyl groups excluding tert-OH is 1. The van der Waals surface area contributed by atoms with Gasteiger partial charge in [0.1, 0.15) is 0 Å². The van der Waals surface area contributed by atoms with Gasteiger partial charge >= 0.3 is 0 Å². The van der Waals surface area contributed by atoms with Crippen molar-refractivity contribution >= 4 is 11.8 Å². The Morgan fingerprint density at radius 1 is 1.50 bits per heavy atom. The first-order valence-corrected chi connectivity index (χ1v) is 3.97. The largest absolute Gasteiger partial charge is 0.394 e. The molecule has 0 aromatic rings. The number of nitrogens with zero attached hydrogens (tertiary/aromatic N) is 1. The number of carbonyl (C=O) groups excluding carboxylic acids is 2. The van der Waals surface area contributed by atoms with Gasteiger partial charge in [-0.2, -0.15) is 0 Å². The number of carbonyl (C=O) groups is 2. The molecule has 0 aromatic carbocycles. The number of fused-ring (bicyclic) bond motifs is 1. The Morgan fingerprint density at radius 2 is 2.25 bits per heavy atom. The van der Waals surface area contributed by atoms with Crippen molar-refractivity contribution in [1.82, 2.24) is 10.4 Å². The minimum Gasteiger partial charge on any atom is -0.394 e. The van der Waals surface area contributed by atoms with Gasteiger partial charge in [-0.3, -0.25) is 20.0 Å². The van der Waals surface area contributed by atoms with E-state index in [1.165, 1.54) is 5.01 Å². The summed E-state index contributed by atoms with van der Waals surface area (Å²) in [6.07, 6.45) is 0.673. The summed E-state index contributed by atoms with van der Waals surface area (Å²) in [7, 11) is 0. The summed E-state index contributed by atoms with van der Waals surface area (Å²) in [6, 6.07) is 0. The van der Waals surface area contributed by atoms with Gasteiger partial charge in [-0.1, -0.05) is 0 Å². The van der Waals surface area contributed by atoms with Crippen LogP contribution < -0.4 is 5.43 Å². The third-order valence-corrected chi connectivity index (χ3v) is 2.28. The second kappa shape index (κ2) is 2.45. The summed E-state index contributed by atoms with van der Waals surface area (Å²) >= 11 is 0. The lowest BCUT2D eigenvalue weighted by Gasteiger charge is -2.25. The molecule has 12 heavy (non-hydrogen) atoms. The number of amides is 2. The van der Waals surface area contributed by atoms with Crippen LogP contribution >= 0.6 is 0 Å². The maximum atomic E-state index is 11.3. The minimum absolute atomic E-state index is 0.0614. The van der Waals surface area contributed by atoms with E-state index in [0.717, 1.165) is 0 Å². The van der Waals surface area contributed by atoms with Gasteiger partial charge in [-0.15, -0.1) is 0 Å². The van der Waals surface area contributed by atoms with Gasteiger partial charge in [0.25, 0.3) is 0 Å². The molecule has 66 valence electrons. The highest BCUT2D eigenvalue weighted by Crippen LogP contribution is 2.42. The Labute approximate surface area is 69.3 Å². The van der Waals surface area contributed by atoms with Gasteiger partial charge in [0.05, 0.1) is 25.0 Å². The molecule has 2 rings (SSSR count). The lowest BCUT2D eigenvalue weighted by molar-refractivity contribution is -0.148. The summed E-state index contributed by atoms with van der Waals surface area (Å²) in [5, 5.41) is 9.78. The average Bonchev–Trinajstić information content (AvgIpc) is 2.79. The van der Waals surface area contributed by atoms with Gasteiger partial charge in [-0.05, 0) is 6.42 Å². The molecule has 1 aliphatic heterocycles. The van der Waals surface area contributed by atoms with Gasteiger partial charge < -0.3 is 5.11 Å². The van der Waals surface area contributed by atoms with Crippen LogP contribution in [0.2, 0.25) is 0 Å². The first kappa shape index (κ1) is 7.54. The fourth-order valence-corrected chi connectivity index (χ4v) is 1.49. The number of hydrogen-bond acceptors (Lipinski definition) is 3. The SMILES string of the molecule is O=C1NN(CCO)C(=O)C2CC12. The van der Waals surface area contributed by atoms with Crippen LogP contribution in [-0.4, -0.2) is 35.1 Å². The molecule has 2 aliphatic rings. The molecule has 2 atom stereocenters. The fourth-order valence-electron chi connectivity index (χ4n) is 1.49. The van der Waals surface area contributed by atoms with Crippen molar-refractivity contribution in [2.45, 2.75) is 6.42 Å².